The van der Waals surface area contributed by atoms with Crippen molar-refractivity contribution in [3.05, 3.63) is 58.9 Å². The normalized spacial score (nSPS) is 18.9. The minimum atomic E-state index is -4.57. The molecule has 1 N–H and O–H groups in total. The molecule has 2 aromatic carbocycles. The van der Waals surface area contributed by atoms with Gasteiger partial charge in [-0.2, -0.15) is 13.2 Å². The molecule has 1 unspecified atom stereocenters. The Kier molecular flexibility index (Phi) is 7.14. The van der Waals surface area contributed by atoms with Crippen molar-refractivity contribution in [3.8, 4) is 5.75 Å². The molecule has 1 saturated carbocycles. The Labute approximate surface area is 201 Å². The summed E-state index contributed by atoms with van der Waals surface area (Å²) in [4.78, 5) is 16.2. The molecule has 1 aliphatic heterocycles. The third-order valence-corrected chi connectivity index (χ3v) is 7.77. The Hall–Kier alpha value is -2.26. The van der Waals surface area contributed by atoms with Crippen LogP contribution in [-0.4, -0.2) is 42.8 Å². The summed E-state index contributed by atoms with van der Waals surface area (Å²) in [6.45, 7) is 1.81. The molecule has 1 heterocycles. The number of nitrogens with one attached hydrogen (secondary N) is 1. The second-order valence-electron chi connectivity index (χ2n) is 8.87. The molecule has 2 aromatic rings. The molecular weight excluding hydrogens is 468 g/mol. The van der Waals surface area contributed by atoms with E-state index in [1.807, 2.05) is 0 Å². The molecule has 0 radical (unpaired) electrons. The first kappa shape index (κ1) is 24.9. The van der Waals surface area contributed by atoms with E-state index in [0.29, 0.717) is 5.56 Å². The lowest BCUT2D eigenvalue weighted by molar-refractivity contribution is -0.137. The zero-order chi connectivity index (χ0) is 24.5. The van der Waals surface area contributed by atoms with Crippen molar-refractivity contribution in [1.29, 1.82) is 0 Å². The molecule has 184 valence electrons. The first-order chi connectivity index (χ1) is 16.2. The van der Waals surface area contributed by atoms with Crippen LogP contribution in [0.25, 0.3) is 0 Å². The van der Waals surface area contributed by atoms with Crippen LogP contribution in [0.1, 0.15) is 59.6 Å². The van der Waals surface area contributed by atoms with Gasteiger partial charge in [0.05, 0.1) is 24.3 Å². The standard InChI is InChI=1S/C25H28F4N2O2S/c1-33-19-14-17(25(27,28)29)15-20(34-2)21(19)23(32)30-22(16-7-5-8-18(26)13-16)24(9-6-10-24)31-11-3-4-12-31/h5,7-8,13-15,22H,3-4,6,9-12H2,1-2H3,(H,30,32). The Morgan fingerprint density at radius 1 is 1.15 bits per heavy atom. The van der Waals surface area contributed by atoms with Gasteiger partial charge in [-0.15, -0.1) is 11.8 Å². The van der Waals surface area contributed by atoms with Gasteiger partial charge in [-0.1, -0.05) is 12.1 Å². The monoisotopic (exact) mass is 496 g/mol. The largest absolute Gasteiger partial charge is 0.496 e. The second-order valence-corrected chi connectivity index (χ2v) is 9.71. The fraction of sp³-hybridized carbons (Fsp3) is 0.480. The lowest BCUT2D eigenvalue weighted by atomic mass is 9.68. The maximum Gasteiger partial charge on any atom is 0.416 e. The highest BCUT2D eigenvalue weighted by Gasteiger charge is 2.50. The minimum absolute atomic E-state index is 0.0558. The van der Waals surface area contributed by atoms with Crippen molar-refractivity contribution < 1.29 is 27.1 Å². The molecule has 1 saturated heterocycles. The fourth-order valence-corrected chi connectivity index (χ4v) is 5.85. The van der Waals surface area contributed by atoms with Gasteiger partial charge in [0.1, 0.15) is 11.6 Å². The van der Waals surface area contributed by atoms with Crippen LogP contribution in [0.5, 0.6) is 5.75 Å². The number of ether oxygens (including phenoxy) is 1. The van der Waals surface area contributed by atoms with E-state index >= 15 is 0 Å². The molecule has 4 nitrogen and oxygen atoms in total. The highest BCUT2D eigenvalue weighted by Crippen LogP contribution is 2.49. The topological polar surface area (TPSA) is 41.6 Å². The maximum atomic E-state index is 14.2. The molecule has 34 heavy (non-hydrogen) atoms. The predicted molar refractivity (Wildman–Crippen MR) is 124 cm³/mol. The summed E-state index contributed by atoms with van der Waals surface area (Å²) in [7, 11) is 1.25. The predicted octanol–water partition coefficient (Wildman–Crippen LogP) is 6.06. The van der Waals surface area contributed by atoms with Crippen LogP contribution in [0.4, 0.5) is 17.6 Å². The molecule has 2 aliphatic rings. The number of hydrogen-bond donors (Lipinski definition) is 1. The van der Waals surface area contributed by atoms with Crippen molar-refractivity contribution in [2.75, 3.05) is 26.5 Å². The smallest absolute Gasteiger partial charge is 0.416 e. The number of carbonyl (C=O) groups is 1. The average Bonchev–Trinajstić information content (AvgIpc) is 3.31. The number of halogens is 4. The molecule has 0 aromatic heterocycles. The molecule has 9 heteroatoms. The fourth-order valence-electron chi connectivity index (χ4n) is 5.21. The number of amides is 1. The van der Waals surface area contributed by atoms with Crippen LogP contribution in [0, 0.1) is 5.82 Å². The Balaban J connectivity index is 1.76. The lowest BCUT2D eigenvalue weighted by Crippen LogP contribution is -2.60. The molecule has 4 rings (SSSR count). The van der Waals surface area contributed by atoms with Crippen LogP contribution >= 0.6 is 11.8 Å². The van der Waals surface area contributed by atoms with Crippen LogP contribution in [0.2, 0.25) is 0 Å². The van der Waals surface area contributed by atoms with Gasteiger partial charge >= 0.3 is 6.18 Å². The number of rotatable bonds is 7. The first-order valence-corrected chi connectivity index (χ1v) is 12.6. The first-order valence-electron chi connectivity index (χ1n) is 11.3. The van der Waals surface area contributed by atoms with Gasteiger partial charge in [-0.05, 0) is 81.3 Å². The Bertz CT molecular complexity index is 1020. The highest BCUT2D eigenvalue weighted by atomic mass is 32.2. The number of benzene rings is 2. The van der Waals surface area contributed by atoms with Crippen LogP contribution < -0.4 is 10.1 Å². The summed E-state index contributed by atoms with van der Waals surface area (Å²) in [5.74, 6) is -1.07. The maximum absolute atomic E-state index is 14.2. The summed E-state index contributed by atoms with van der Waals surface area (Å²) in [6, 6.07) is 7.51. The minimum Gasteiger partial charge on any atom is -0.496 e. The number of nitrogens with zero attached hydrogens (tertiary/aromatic N) is 1. The van der Waals surface area contributed by atoms with E-state index in [-0.39, 0.29) is 21.7 Å². The Morgan fingerprint density at radius 3 is 2.38 bits per heavy atom. The van der Waals surface area contributed by atoms with Gasteiger partial charge < -0.3 is 10.1 Å². The van der Waals surface area contributed by atoms with Crippen molar-refractivity contribution >= 4 is 17.7 Å². The average molecular weight is 497 g/mol. The van der Waals surface area contributed by atoms with Crippen LogP contribution in [0.3, 0.4) is 0 Å². The van der Waals surface area contributed by atoms with Gasteiger partial charge in [0, 0.05) is 10.4 Å². The van der Waals surface area contributed by atoms with Gasteiger partial charge in [-0.25, -0.2) is 4.39 Å². The second kappa shape index (κ2) is 9.77. The van der Waals surface area contributed by atoms with E-state index in [0.717, 1.165) is 69.1 Å². The van der Waals surface area contributed by atoms with E-state index < -0.39 is 29.5 Å². The summed E-state index contributed by atoms with van der Waals surface area (Å²) in [5, 5.41) is 3.08. The molecular formula is C25H28F4N2O2S. The highest BCUT2D eigenvalue weighted by molar-refractivity contribution is 7.98. The number of thioether (sulfide) groups is 1. The van der Waals surface area contributed by atoms with Gasteiger partial charge in [-0.3, -0.25) is 9.69 Å². The molecule has 0 spiro atoms. The molecule has 1 amide bonds. The van der Waals surface area contributed by atoms with Crippen LogP contribution in [-0.2, 0) is 6.18 Å². The van der Waals surface area contributed by atoms with E-state index in [1.54, 1.807) is 18.4 Å². The number of carbonyl (C=O) groups excluding carboxylic acids is 1. The number of likely N-dealkylation sites (tertiary alicyclic amines) is 1. The van der Waals surface area contributed by atoms with E-state index in [4.69, 9.17) is 4.74 Å². The number of hydrogen-bond acceptors (Lipinski definition) is 4. The Morgan fingerprint density at radius 2 is 1.85 bits per heavy atom. The summed E-state index contributed by atoms with van der Waals surface area (Å²) in [6.07, 6.45) is 1.89. The third kappa shape index (κ3) is 4.64. The zero-order valence-corrected chi connectivity index (χ0v) is 20.0. The van der Waals surface area contributed by atoms with Crippen molar-refractivity contribution in [2.24, 2.45) is 0 Å². The lowest BCUT2D eigenvalue weighted by Gasteiger charge is -2.54. The molecule has 0 bridgehead atoms. The molecule has 1 atom stereocenters. The SMILES string of the molecule is COc1cc(C(F)(F)F)cc(SC)c1C(=O)NC(c1cccc(F)c1)C1(N2CCCC2)CCC1. The number of alkyl halides is 3. The number of methoxy groups -OCH3 is 1. The van der Waals surface area contributed by atoms with Crippen molar-refractivity contribution in [2.45, 2.75) is 54.8 Å². The summed E-state index contributed by atoms with van der Waals surface area (Å²) in [5.41, 5.74) is -0.519. The quantitative estimate of drug-likeness (QED) is 0.374. The van der Waals surface area contributed by atoms with Gasteiger partial charge in [0.15, 0.2) is 0 Å². The van der Waals surface area contributed by atoms with Crippen molar-refractivity contribution in [1.82, 2.24) is 10.2 Å². The zero-order valence-electron chi connectivity index (χ0n) is 19.2. The van der Waals surface area contributed by atoms with Gasteiger partial charge in [0.25, 0.3) is 5.91 Å². The summed E-state index contributed by atoms with van der Waals surface area (Å²) >= 11 is 1.05. The van der Waals surface area contributed by atoms with E-state index in [2.05, 4.69) is 10.2 Å². The van der Waals surface area contributed by atoms with Crippen molar-refractivity contribution in [3.63, 3.8) is 0 Å². The third-order valence-electron chi connectivity index (χ3n) is 7.01. The molecule has 2 fully saturated rings. The summed E-state index contributed by atoms with van der Waals surface area (Å²) < 4.78 is 59.6. The van der Waals surface area contributed by atoms with Gasteiger partial charge in [0.2, 0.25) is 0 Å². The van der Waals surface area contributed by atoms with E-state index in [9.17, 15) is 22.4 Å². The molecule has 1 aliphatic carbocycles. The van der Waals surface area contributed by atoms with E-state index in [1.165, 1.54) is 19.2 Å². The van der Waals surface area contributed by atoms with Crippen LogP contribution in [0.15, 0.2) is 41.3 Å².